The van der Waals surface area contributed by atoms with E-state index in [9.17, 15) is 14.3 Å². The van der Waals surface area contributed by atoms with Crippen LogP contribution >= 0.6 is 0 Å². The number of carbonyl (C=O) groups excluding carboxylic acids is 1. The number of benzene rings is 2. The summed E-state index contributed by atoms with van der Waals surface area (Å²) in [5.74, 6) is -1.97. The van der Waals surface area contributed by atoms with E-state index in [-0.39, 0.29) is 41.3 Å². The standard InChI is InChI=1S/C25H33F2N5O2/c1-4-5-8-30-12-25(34)13-32(14-25)24(33)18-10-17(16(3)11-28)22(29)21(27)23(18)31-20-7-6-15(2)9-19(20)26/h6-7,9-11,30-31,34H,4-5,8,12-14,28-29H2,1-3H3/b16-11-. The van der Waals surface area contributed by atoms with Gasteiger partial charge in [-0.3, -0.25) is 4.79 Å². The van der Waals surface area contributed by atoms with Crippen molar-refractivity contribution in [2.45, 2.75) is 39.2 Å². The summed E-state index contributed by atoms with van der Waals surface area (Å²) < 4.78 is 29.9. The minimum absolute atomic E-state index is 0.0111. The Bertz CT molecular complexity index is 1100. The summed E-state index contributed by atoms with van der Waals surface area (Å²) in [7, 11) is 0. The number of nitrogen functional groups attached to an aromatic ring is 1. The predicted octanol–water partition coefficient (Wildman–Crippen LogP) is 3.50. The van der Waals surface area contributed by atoms with Gasteiger partial charge in [0.2, 0.25) is 0 Å². The van der Waals surface area contributed by atoms with Crippen LogP contribution in [0.25, 0.3) is 5.57 Å². The topological polar surface area (TPSA) is 117 Å². The second kappa shape index (κ2) is 10.4. The smallest absolute Gasteiger partial charge is 0.256 e. The Morgan fingerprint density at radius 3 is 2.59 bits per heavy atom. The number of nitrogens with one attached hydrogen (secondary N) is 2. The largest absolute Gasteiger partial charge is 0.404 e. The predicted molar refractivity (Wildman–Crippen MR) is 132 cm³/mol. The van der Waals surface area contributed by atoms with Crippen molar-refractivity contribution in [1.82, 2.24) is 10.2 Å². The normalized spacial score (nSPS) is 15.2. The number of unbranched alkanes of at least 4 members (excludes halogenated alkanes) is 1. The summed E-state index contributed by atoms with van der Waals surface area (Å²) in [6.45, 7) is 6.78. The summed E-state index contributed by atoms with van der Waals surface area (Å²) in [4.78, 5) is 14.8. The Hall–Kier alpha value is -3.17. The van der Waals surface area contributed by atoms with E-state index in [0.29, 0.717) is 17.7 Å². The van der Waals surface area contributed by atoms with Crippen LogP contribution in [-0.4, -0.2) is 47.7 Å². The first kappa shape index (κ1) is 25.5. The Kier molecular flexibility index (Phi) is 7.78. The fourth-order valence-corrected chi connectivity index (χ4v) is 3.94. The molecule has 0 atom stereocenters. The zero-order valence-electron chi connectivity index (χ0n) is 19.8. The first-order chi connectivity index (χ1) is 16.1. The lowest BCUT2D eigenvalue weighted by atomic mass is 9.92. The van der Waals surface area contributed by atoms with Gasteiger partial charge < -0.3 is 32.1 Å². The summed E-state index contributed by atoms with van der Waals surface area (Å²) in [5.41, 5.74) is 11.6. The van der Waals surface area contributed by atoms with E-state index in [2.05, 4.69) is 17.6 Å². The lowest BCUT2D eigenvalue weighted by molar-refractivity contribution is -0.0784. The molecule has 2 aromatic carbocycles. The van der Waals surface area contributed by atoms with Crippen LogP contribution in [0.3, 0.4) is 0 Å². The molecule has 7 nitrogen and oxygen atoms in total. The number of hydrogen-bond acceptors (Lipinski definition) is 6. The third-order valence-corrected chi connectivity index (χ3v) is 6.01. The van der Waals surface area contributed by atoms with E-state index in [1.54, 1.807) is 19.9 Å². The van der Waals surface area contributed by atoms with Crippen molar-refractivity contribution in [2.24, 2.45) is 5.73 Å². The maximum Gasteiger partial charge on any atom is 0.256 e. The molecule has 2 aromatic rings. The summed E-state index contributed by atoms with van der Waals surface area (Å²) >= 11 is 0. The summed E-state index contributed by atoms with van der Waals surface area (Å²) in [6.07, 6.45) is 3.30. The van der Waals surface area contributed by atoms with Gasteiger partial charge in [-0.25, -0.2) is 8.78 Å². The third-order valence-electron chi connectivity index (χ3n) is 6.01. The quantitative estimate of drug-likeness (QED) is 0.281. The monoisotopic (exact) mass is 473 g/mol. The van der Waals surface area contributed by atoms with Crippen LogP contribution in [0, 0.1) is 18.6 Å². The maximum absolute atomic E-state index is 15.4. The fraction of sp³-hybridized carbons (Fsp3) is 0.400. The molecule has 34 heavy (non-hydrogen) atoms. The number of anilines is 3. The number of allylic oxidation sites excluding steroid dienone is 1. The number of aryl methyl sites for hydroxylation is 1. The van der Waals surface area contributed by atoms with Gasteiger partial charge in [-0.15, -0.1) is 0 Å². The van der Waals surface area contributed by atoms with Crippen LogP contribution in [0.5, 0.6) is 0 Å². The first-order valence-electron chi connectivity index (χ1n) is 11.4. The zero-order valence-corrected chi connectivity index (χ0v) is 19.8. The molecule has 0 spiro atoms. The van der Waals surface area contributed by atoms with Crippen molar-refractivity contribution in [2.75, 3.05) is 37.2 Å². The average molecular weight is 474 g/mol. The Morgan fingerprint density at radius 2 is 1.97 bits per heavy atom. The lowest BCUT2D eigenvalue weighted by Gasteiger charge is -2.46. The van der Waals surface area contributed by atoms with Crippen LogP contribution in [0.4, 0.5) is 25.8 Å². The highest BCUT2D eigenvalue weighted by Crippen LogP contribution is 2.36. The van der Waals surface area contributed by atoms with Gasteiger partial charge in [-0.2, -0.15) is 0 Å². The second-order valence-electron chi connectivity index (χ2n) is 8.95. The van der Waals surface area contributed by atoms with Gasteiger partial charge in [0, 0.05) is 12.1 Å². The van der Waals surface area contributed by atoms with E-state index in [4.69, 9.17) is 11.5 Å². The number of halogens is 2. The molecule has 1 saturated heterocycles. The van der Waals surface area contributed by atoms with Gasteiger partial charge in [0.15, 0.2) is 5.82 Å². The van der Waals surface area contributed by atoms with E-state index < -0.39 is 23.1 Å². The number of rotatable bonds is 9. The van der Waals surface area contributed by atoms with Crippen LogP contribution in [0.2, 0.25) is 0 Å². The Labute approximate surface area is 198 Å². The van der Waals surface area contributed by atoms with Gasteiger partial charge in [0.05, 0.1) is 35.7 Å². The number of amides is 1. The molecular formula is C25H33F2N5O2. The van der Waals surface area contributed by atoms with E-state index in [0.717, 1.165) is 19.4 Å². The van der Waals surface area contributed by atoms with Crippen molar-refractivity contribution < 1.29 is 18.7 Å². The molecule has 0 aliphatic carbocycles. The fourth-order valence-electron chi connectivity index (χ4n) is 3.94. The Balaban J connectivity index is 1.93. The molecule has 0 unspecified atom stereocenters. The molecule has 0 radical (unpaired) electrons. The zero-order chi connectivity index (χ0) is 25.0. The molecule has 1 heterocycles. The van der Waals surface area contributed by atoms with Gasteiger partial charge in [-0.05, 0) is 62.3 Å². The molecule has 1 aliphatic rings. The van der Waals surface area contributed by atoms with Gasteiger partial charge in [-0.1, -0.05) is 19.4 Å². The minimum Gasteiger partial charge on any atom is -0.404 e. The number of hydrogen-bond donors (Lipinski definition) is 5. The highest BCUT2D eigenvalue weighted by Gasteiger charge is 2.44. The summed E-state index contributed by atoms with van der Waals surface area (Å²) in [6, 6.07) is 5.90. The van der Waals surface area contributed by atoms with Gasteiger partial charge in [0.1, 0.15) is 11.4 Å². The molecule has 0 saturated carbocycles. The highest BCUT2D eigenvalue weighted by molar-refractivity contribution is 6.03. The second-order valence-corrected chi connectivity index (χ2v) is 8.95. The minimum atomic E-state index is -1.05. The number of carbonyl (C=O) groups is 1. The molecule has 0 bridgehead atoms. The molecular weight excluding hydrogens is 440 g/mol. The first-order valence-corrected chi connectivity index (χ1v) is 11.4. The number of aliphatic hydroxyl groups is 1. The highest BCUT2D eigenvalue weighted by atomic mass is 19.1. The molecule has 184 valence electrons. The van der Waals surface area contributed by atoms with Gasteiger partial charge in [0.25, 0.3) is 5.91 Å². The van der Waals surface area contributed by atoms with E-state index in [1.807, 2.05) is 0 Å². The third kappa shape index (κ3) is 5.31. The van der Waals surface area contributed by atoms with Crippen molar-refractivity contribution in [1.29, 1.82) is 0 Å². The molecule has 1 fully saturated rings. The van der Waals surface area contributed by atoms with E-state index in [1.165, 1.54) is 29.3 Å². The van der Waals surface area contributed by atoms with Crippen molar-refractivity contribution in [3.8, 4) is 0 Å². The lowest BCUT2D eigenvalue weighted by Crippen LogP contribution is -2.67. The molecule has 9 heteroatoms. The van der Waals surface area contributed by atoms with Crippen molar-refractivity contribution >= 4 is 28.5 Å². The molecule has 1 amide bonds. The number of nitrogens with zero attached hydrogens (tertiary/aromatic N) is 1. The van der Waals surface area contributed by atoms with E-state index >= 15 is 4.39 Å². The molecule has 1 aliphatic heterocycles. The molecule has 3 rings (SSSR count). The van der Waals surface area contributed by atoms with Crippen molar-refractivity contribution in [3.63, 3.8) is 0 Å². The summed E-state index contributed by atoms with van der Waals surface area (Å²) in [5, 5.41) is 16.6. The number of β-amino-alcohol motifs (C(OH)–C–C–N with tert-alkyl or cyclic N) is 1. The average Bonchev–Trinajstić information content (AvgIpc) is 2.78. The molecule has 7 N–H and O–H groups in total. The van der Waals surface area contributed by atoms with Crippen molar-refractivity contribution in [3.05, 3.63) is 58.8 Å². The van der Waals surface area contributed by atoms with Crippen LogP contribution in [-0.2, 0) is 0 Å². The molecule has 0 aromatic heterocycles. The maximum atomic E-state index is 15.4. The van der Waals surface area contributed by atoms with Crippen LogP contribution in [0.15, 0.2) is 30.5 Å². The number of nitrogens with two attached hydrogens (primary N) is 2. The SMILES string of the molecule is CCCCNCC1(O)CN(C(=O)c2cc(/C(C)=C\N)c(N)c(F)c2Nc2ccc(C)cc2F)C1. The number of likely N-dealkylation sites (tertiary alicyclic amines) is 1. The Morgan fingerprint density at radius 1 is 1.26 bits per heavy atom. The van der Waals surface area contributed by atoms with Crippen LogP contribution in [0.1, 0.15) is 48.2 Å². The van der Waals surface area contributed by atoms with Gasteiger partial charge >= 0.3 is 0 Å². The van der Waals surface area contributed by atoms with Crippen LogP contribution < -0.4 is 22.1 Å².